The highest BCUT2D eigenvalue weighted by Gasteiger charge is 2.17. The molecule has 0 aliphatic heterocycles. The summed E-state index contributed by atoms with van der Waals surface area (Å²) in [6.07, 6.45) is 2.04. The minimum Gasteiger partial charge on any atom is -0.497 e. The summed E-state index contributed by atoms with van der Waals surface area (Å²) in [6.45, 7) is 4.92. The lowest BCUT2D eigenvalue weighted by molar-refractivity contribution is -0.113. The molecule has 0 unspecified atom stereocenters. The summed E-state index contributed by atoms with van der Waals surface area (Å²) in [6, 6.07) is 22.1. The van der Waals surface area contributed by atoms with Crippen LogP contribution in [0.25, 0.3) is 5.69 Å². The highest BCUT2D eigenvalue weighted by atomic mass is 32.2. The third kappa shape index (κ3) is 7.86. The van der Waals surface area contributed by atoms with Crippen LogP contribution < -0.4 is 20.1 Å². The Morgan fingerprint density at radius 3 is 2.42 bits per heavy atom. The summed E-state index contributed by atoms with van der Waals surface area (Å²) in [5.74, 6) is 1.73. The number of hydrogen-bond donors (Lipinski definition) is 2. The fourth-order valence-electron chi connectivity index (χ4n) is 3.83. The van der Waals surface area contributed by atoms with Crippen molar-refractivity contribution in [1.82, 2.24) is 20.1 Å². The van der Waals surface area contributed by atoms with E-state index < -0.39 is 0 Å². The van der Waals surface area contributed by atoms with Gasteiger partial charge in [-0.3, -0.25) is 14.2 Å². The quantitative estimate of drug-likeness (QED) is 0.166. The molecule has 4 rings (SSSR count). The molecule has 1 aromatic heterocycles. The van der Waals surface area contributed by atoms with Gasteiger partial charge in [-0.2, -0.15) is 0 Å². The number of ether oxygens (including phenoxy) is 2. The van der Waals surface area contributed by atoms with E-state index in [0.29, 0.717) is 34.6 Å². The predicted octanol–water partition coefficient (Wildman–Crippen LogP) is 5.42. The Morgan fingerprint density at radius 2 is 1.73 bits per heavy atom. The molecular weight excluding hydrogens is 526 g/mol. The van der Waals surface area contributed by atoms with Crippen LogP contribution in [0.2, 0.25) is 0 Å². The van der Waals surface area contributed by atoms with Crippen LogP contribution in [0.4, 0.5) is 5.69 Å². The third-order valence-corrected chi connectivity index (χ3v) is 6.89. The largest absolute Gasteiger partial charge is 0.497 e. The van der Waals surface area contributed by atoms with E-state index in [2.05, 4.69) is 27.8 Å². The van der Waals surface area contributed by atoms with E-state index in [1.54, 1.807) is 55.6 Å². The zero-order valence-electron chi connectivity index (χ0n) is 22.8. The number of amides is 2. The molecule has 9 nitrogen and oxygen atoms in total. The first-order valence-electron chi connectivity index (χ1n) is 13.1. The molecule has 40 heavy (non-hydrogen) atoms. The normalized spacial score (nSPS) is 10.7. The standard InChI is InChI=1S/C30H33N5O4S/c1-4-5-17-39-26-13-9-22(10-14-26)29(37)31-19-27-33-34-30(35(27)24-8-6-7-21(2)18-24)40-20-28(36)32-23-11-15-25(38-3)16-12-23/h6-16,18H,4-5,17,19-20H2,1-3H3,(H,31,37)(H,32,36). The van der Waals surface area contributed by atoms with Gasteiger partial charge in [-0.05, 0) is 79.6 Å². The number of rotatable bonds is 13. The highest BCUT2D eigenvalue weighted by molar-refractivity contribution is 7.99. The van der Waals surface area contributed by atoms with Crippen molar-refractivity contribution in [3.05, 3.63) is 89.7 Å². The number of carbonyl (C=O) groups excluding carboxylic acids is 2. The van der Waals surface area contributed by atoms with E-state index in [-0.39, 0.29) is 24.1 Å². The number of nitrogens with zero attached hydrogens (tertiary/aromatic N) is 3. The van der Waals surface area contributed by atoms with Crippen LogP contribution in [0.3, 0.4) is 0 Å². The van der Waals surface area contributed by atoms with Crippen LogP contribution in [-0.4, -0.2) is 46.0 Å². The summed E-state index contributed by atoms with van der Waals surface area (Å²) in [5, 5.41) is 15.0. The molecule has 0 fully saturated rings. The Morgan fingerprint density at radius 1 is 0.975 bits per heavy atom. The SMILES string of the molecule is CCCCOc1ccc(C(=O)NCc2nnc(SCC(=O)Nc3ccc(OC)cc3)n2-c2cccc(C)c2)cc1. The van der Waals surface area contributed by atoms with Gasteiger partial charge in [-0.25, -0.2) is 0 Å². The second-order valence-corrected chi connectivity index (χ2v) is 9.99. The van der Waals surface area contributed by atoms with Crippen LogP contribution in [0.5, 0.6) is 11.5 Å². The van der Waals surface area contributed by atoms with Crippen LogP contribution >= 0.6 is 11.8 Å². The molecule has 208 valence electrons. The van der Waals surface area contributed by atoms with Gasteiger partial charge in [0.25, 0.3) is 5.91 Å². The molecule has 0 saturated carbocycles. The molecule has 4 aromatic rings. The Labute approximate surface area is 238 Å². The first-order chi connectivity index (χ1) is 19.5. The van der Waals surface area contributed by atoms with Crippen molar-refractivity contribution in [2.75, 3.05) is 24.8 Å². The van der Waals surface area contributed by atoms with Crippen LogP contribution in [0, 0.1) is 6.92 Å². The number of aromatic nitrogens is 3. The molecule has 0 bridgehead atoms. The van der Waals surface area contributed by atoms with Crippen LogP contribution in [0.1, 0.15) is 41.5 Å². The summed E-state index contributed by atoms with van der Waals surface area (Å²) < 4.78 is 12.7. The van der Waals surface area contributed by atoms with Gasteiger partial charge in [0, 0.05) is 16.9 Å². The Hall–Kier alpha value is -4.31. The van der Waals surface area contributed by atoms with Gasteiger partial charge in [0.15, 0.2) is 11.0 Å². The number of anilines is 1. The lowest BCUT2D eigenvalue weighted by Crippen LogP contribution is -2.24. The average Bonchev–Trinajstić information content (AvgIpc) is 3.38. The minimum absolute atomic E-state index is 0.134. The van der Waals surface area contributed by atoms with E-state index in [4.69, 9.17) is 9.47 Å². The maximum Gasteiger partial charge on any atom is 0.251 e. The van der Waals surface area contributed by atoms with Gasteiger partial charge < -0.3 is 20.1 Å². The van der Waals surface area contributed by atoms with Gasteiger partial charge in [0.1, 0.15) is 11.5 Å². The maximum atomic E-state index is 12.9. The first-order valence-corrected chi connectivity index (χ1v) is 14.0. The van der Waals surface area contributed by atoms with Gasteiger partial charge in [-0.1, -0.05) is 37.2 Å². The summed E-state index contributed by atoms with van der Waals surface area (Å²) in [4.78, 5) is 25.5. The van der Waals surface area contributed by atoms with Crippen molar-refractivity contribution >= 4 is 29.3 Å². The number of benzene rings is 3. The molecule has 0 atom stereocenters. The molecule has 2 amide bonds. The van der Waals surface area contributed by atoms with Crippen LogP contribution in [-0.2, 0) is 11.3 Å². The van der Waals surface area contributed by atoms with E-state index in [0.717, 1.165) is 29.8 Å². The van der Waals surface area contributed by atoms with Crippen molar-refractivity contribution in [1.29, 1.82) is 0 Å². The van der Waals surface area contributed by atoms with E-state index in [9.17, 15) is 9.59 Å². The number of thioether (sulfide) groups is 1. The van der Waals surface area contributed by atoms with Gasteiger partial charge in [-0.15, -0.1) is 10.2 Å². The third-order valence-electron chi connectivity index (χ3n) is 5.96. The molecule has 0 spiro atoms. The molecule has 2 N–H and O–H groups in total. The highest BCUT2D eigenvalue weighted by Crippen LogP contribution is 2.24. The zero-order valence-corrected chi connectivity index (χ0v) is 23.7. The molecule has 0 aliphatic rings. The fourth-order valence-corrected chi connectivity index (χ4v) is 4.61. The Kier molecular flexibility index (Phi) is 10.2. The Bertz CT molecular complexity index is 1420. The van der Waals surface area contributed by atoms with E-state index in [1.165, 1.54) is 11.8 Å². The van der Waals surface area contributed by atoms with E-state index in [1.807, 2.05) is 35.8 Å². The number of aryl methyl sites for hydroxylation is 1. The molecule has 10 heteroatoms. The van der Waals surface area contributed by atoms with Crippen molar-refractivity contribution in [2.24, 2.45) is 0 Å². The van der Waals surface area contributed by atoms with Gasteiger partial charge in [0.05, 0.1) is 26.0 Å². The topological polar surface area (TPSA) is 107 Å². The molecule has 0 radical (unpaired) electrons. The molecule has 1 heterocycles. The monoisotopic (exact) mass is 559 g/mol. The first kappa shape index (κ1) is 28.7. The fraction of sp³-hybridized carbons (Fsp3) is 0.267. The Balaban J connectivity index is 1.43. The average molecular weight is 560 g/mol. The summed E-state index contributed by atoms with van der Waals surface area (Å²) in [5.41, 5.74) is 3.11. The van der Waals surface area contributed by atoms with Crippen molar-refractivity contribution < 1.29 is 19.1 Å². The summed E-state index contributed by atoms with van der Waals surface area (Å²) >= 11 is 1.27. The van der Waals surface area contributed by atoms with E-state index >= 15 is 0 Å². The van der Waals surface area contributed by atoms with Crippen molar-refractivity contribution in [2.45, 2.75) is 38.4 Å². The van der Waals surface area contributed by atoms with Crippen LogP contribution in [0.15, 0.2) is 78.0 Å². The lowest BCUT2D eigenvalue weighted by Gasteiger charge is -2.12. The van der Waals surface area contributed by atoms with Gasteiger partial charge >= 0.3 is 0 Å². The maximum absolute atomic E-state index is 12.9. The second kappa shape index (κ2) is 14.2. The molecule has 0 saturated heterocycles. The van der Waals surface area contributed by atoms with Crippen molar-refractivity contribution in [3.8, 4) is 17.2 Å². The van der Waals surface area contributed by atoms with Gasteiger partial charge in [0.2, 0.25) is 5.91 Å². The lowest BCUT2D eigenvalue weighted by atomic mass is 10.2. The molecule has 0 aliphatic carbocycles. The minimum atomic E-state index is -0.230. The molecular formula is C30H33N5O4S. The molecule has 3 aromatic carbocycles. The number of hydrogen-bond acceptors (Lipinski definition) is 7. The number of unbranched alkanes of at least 4 members (excludes halogenated alkanes) is 1. The van der Waals surface area contributed by atoms with Crippen molar-refractivity contribution in [3.63, 3.8) is 0 Å². The summed E-state index contributed by atoms with van der Waals surface area (Å²) in [7, 11) is 1.59. The number of nitrogens with one attached hydrogen (secondary N) is 2. The predicted molar refractivity (Wildman–Crippen MR) is 156 cm³/mol. The zero-order chi connectivity index (χ0) is 28.3. The second-order valence-electron chi connectivity index (χ2n) is 9.05. The number of methoxy groups -OCH3 is 1. The smallest absolute Gasteiger partial charge is 0.251 e. The number of carbonyl (C=O) groups is 2.